The van der Waals surface area contributed by atoms with E-state index in [0.29, 0.717) is 12.8 Å². The smallest absolute Gasteiger partial charge is 0.408 e. The van der Waals surface area contributed by atoms with Crippen LogP contribution >= 0.6 is 0 Å². The van der Waals surface area contributed by atoms with Crippen molar-refractivity contribution in [2.24, 2.45) is 0 Å². The fraction of sp³-hybridized carbons (Fsp3) is 0.300. The molecule has 1 fully saturated rings. The van der Waals surface area contributed by atoms with Gasteiger partial charge in [-0.15, -0.1) is 0 Å². The molecular formula is C20H21NO4. The fourth-order valence-electron chi connectivity index (χ4n) is 3.49. The summed E-state index contributed by atoms with van der Waals surface area (Å²) in [4.78, 5) is 23.8. The zero-order valence-corrected chi connectivity index (χ0v) is 13.8. The second-order valence-corrected chi connectivity index (χ2v) is 6.36. The maximum Gasteiger partial charge on any atom is 0.408 e. The van der Waals surface area contributed by atoms with Crippen LogP contribution in [-0.2, 0) is 17.6 Å². The van der Waals surface area contributed by atoms with E-state index in [1.165, 1.54) is 11.1 Å². The Morgan fingerprint density at radius 2 is 1.48 bits per heavy atom. The van der Waals surface area contributed by atoms with E-state index in [9.17, 15) is 19.8 Å². The lowest BCUT2D eigenvalue weighted by Crippen LogP contribution is -2.40. The summed E-state index contributed by atoms with van der Waals surface area (Å²) in [6.45, 7) is 0. The van der Waals surface area contributed by atoms with Gasteiger partial charge in [-0.3, -0.25) is 4.90 Å². The van der Waals surface area contributed by atoms with Gasteiger partial charge in [0.15, 0.2) is 0 Å². The van der Waals surface area contributed by atoms with Gasteiger partial charge in [-0.05, 0) is 42.4 Å². The zero-order chi connectivity index (χ0) is 17.8. The van der Waals surface area contributed by atoms with E-state index >= 15 is 0 Å². The predicted octanol–water partition coefficient (Wildman–Crippen LogP) is 3.74. The largest absolute Gasteiger partial charge is 0.480 e. The fourth-order valence-corrected chi connectivity index (χ4v) is 3.49. The number of nitrogens with zero attached hydrogens (tertiary/aromatic N) is 1. The molecule has 5 heteroatoms. The van der Waals surface area contributed by atoms with Crippen LogP contribution in [-0.4, -0.2) is 33.2 Å². The number of carboxylic acid groups (broad SMARTS) is 2. The molecule has 130 valence electrons. The van der Waals surface area contributed by atoms with Gasteiger partial charge in [0, 0.05) is 0 Å². The molecule has 2 aromatic carbocycles. The van der Waals surface area contributed by atoms with Crippen LogP contribution in [0.15, 0.2) is 54.6 Å². The summed E-state index contributed by atoms with van der Waals surface area (Å²) in [6.07, 6.45) is 1.57. The van der Waals surface area contributed by atoms with Crippen LogP contribution in [0.3, 0.4) is 0 Å². The van der Waals surface area contributed by atoms with Crippen molar-refractivity contribution >= 4 is 12.1 Å². The quantitative estimate of drug-likeness (QED) is 0.870. The number of hydrogen-bond acceptors (Lipinski definition) is 2. The highest BCUT2D eigenvalue weighted by Crippen LogP contribution is 2.36. The molecule has 1 aliphatic rings. The third kappa shape index (κ3) is 3.82. The van der Waals surface area contributed by atoms with E-state index < -0.39 is 18.1 Å². The molecule has 5 nitrogen and oxygen atoms in total. The van der Waals surface area contributed by atoms with E-state index in [2.05, 4.69) is 12.1 Å². The molecule has 0 radical (unpaired) electrons. The van der Waals surface area contributed by atoms with E-state index in [1.807, 2.05) is 42.5 Å². The van der Waals surface area contributed by atoms with Gasteiger partial charge in [0.05, 0.1) is 6.04 Å². The topological polar surface area (TPSA) is 77.8 Å². The summed E-state index contributed by atoms with van der Waals surface area (Å²) in [6, 6.07) is 16.8. The number of carboxylic acids is 1. The molecule has 1 heterocycles. The summed E-state index contributed by atoms with van der Waals surface area (Å²) in [5.74, 6) is -1.08. The Morgan fingerprint density at radius 1 is 0.880 bits per heavy atom. The first-order chi connectivity index (χ1) is 12.1. The predicted molar refractivity (Wildman–Crippen MR) is 93.6 cm³/mol. The van der Waals surface area contributed by atoms with Crippen molar-refractivity contribution in [2.45, 2.75) is 37.8 Å². The second-order valence-electron chi connectivity index (χ2n) is 6.36. The maximum atomic E-state index is 11.5. The molecule has 1 aliphatic heterocycles. The minimum Gasteiger partial charge on any atom is -0.480 e. The van der Waals surface area contributed by atoms with Crippen LogP contribution in [0.1, 0.15) is 35.6 Å². The molecule has 0 unspecified atom stereocenters. The molecule has 0 spiro atoms. The molecule has 0 bridgehead atoms. The molecule has 0 saturated carbocycles. The average Bonchev–Trinajstić information content (AvgIpc) is 3.07. The standard InChI is InChI=1S/C20H21NO4/c22-19(23)18-13-12-17(21(18)20(24)25)16-10-8-15(9-11-16)7-6-14-4-2-1-3-5-14/h1-5,8-11,17-18H,6-7,12-13H2,(H,22,23)(H,24,25)/t17-,18+/m1/s1. The second kappa shape index (κ2) is 7.38. The van der Waals surface area contributed by atoms with Crippen LogP contribution in [0.4, 0.5) is 4.79 Å². The SMILES string of the molecule is O=C(O)[C@@H]1CC[C@H](c2ccc(CCc3ccccc3)cc2)N1C(=O)O. The summed E-state index contributed by atoms with van der Waals surface area (Å²) >= 11 is 0. The van der Waals surface area contributed by atoms with Gasteiger partial charge in [0.25, 0.3) is 0 Å². The summed E-state index contributed by atoms with van der Waals surface area (Å²) in [5.41, 5.74) is 3.32. The lowest BCUT2D eigenvalue weighted by atomic mass is 9.99. The highest BCUT2D eigenvalue weighted by molar-refractivity contribution is 5.80. The normalized spacial score (nSPS) is 19.8. The minimum absolute atomic E-state index is 0.349. The first-order valence-corrected chi connectivity index (χ1v) is 8.43. The summed E-state index contributed by atoms with van der Waals surface area (Å²) in [5, 5.41) is 18.6. The Bertz CT molecular complexity index is 742. The first kappa shape index (κ1) is 17.0. The van der Waals surface area contributed by atoms with Crippen molar-refractivity contribution in [2.75, 3.05) is 0 Å². The molecule has 1 saturated heterocycles. The lowest BCUT2D eigenvalue weighted by Gasteiger charge is -2.25. The van der Waals surface area contributed by atoms with Crippen molar-refractivity contribution in [3.63, 3.8) is 0 Å². The van der Waals surface area contributed by atoms with Gasteiger partial charge in [-0.1, -0.05) is 54.6 Å². The van der Waals surface area contributed by atoms with Gasteiger partial charge >= 0.3 is 12.1 Å². The van der Waals surface area contributed by atoms with Gasteiger partial charge in [0.1, 0.15) is 6.04 Å². The van der Waals surface area contributed by atoms with Gasteiger partial charge in [-0.2, -0.15) is 0 Å². The number of aryl methyl sites for hydroxylation is 2. The molecule has 0 aliphatic carbocycles. The molecule has 2 N–H and O–H groups in total. The van der Waals surface area contributed by atoms with Crippen molar-refractivity contribution in [1.29, 1.82) is 0 Å². The first-order valence-electron chi connectivity index (χ1n) is 8.43. The third-order valence-corrected chi connectivity index (χ3v) is 4.80. The Kier molecular flexibility index (Phi) is 5.03. The number of carbonyl (C=O) groups is 2. The highest BCUT2D eigenvalue weighted by atomic mass is 16.4. The molecule has 1 amide bonds. The number of benzene rings is 2. The molecule has 0 aromatic heterocycles. The van der Waals surface area contributed by atoms with Crippen LogP contribution in [0.25, 0.3) is 0 Å². The van der Waals surface area contributed by atoms with Crippen LogP contribution in [0, 0.1) is 0 Å². The number of amides is 1. The van der Waals surface area contributed by atoms with Crippen molar-refractivity contribution in [1.82, 2.24) is 4.90 Å². The van der Waals surface area contributed by atoms with E-state index in [-0.39, 0.29) is 6.04 Å². The molecule has 2 atom stereocenters. The van der Waals surface area contributed by atoms with E-state index in [1.54, 1.807) is 0 Å². The number of aliphatic carboxylic acids is 1. The highest BCUT2D eigenvalue weighted by Gasteiger charge is 2.41. The van der Waals surface area contributed by atoms with Gasteiger partial charge < -0.3 is 10.2 Å². The summed E-state index contributed by atoms with van der Waals surface area (Å²) < 4.78 is 0. The lowest BCUT2D eigenvalue weighted by molar-refractivity contribution is -0.142. The molecular weight excluding hydrogens is 318 g/mol. The van der Waals surface area contributed by atoms with Crippen LogP contribution in [0.5, 0.6) is 0 Å². The Hall–Kier alpha value is -2.82. The third-order valence-electron chi connectivity index (χ3n) is 4.80. The Balaban J connectivity index is 1.69. The van der Waals surface area contributed by atoms with E-state index in [4.69, 9.17) is 0 Å². The van der Waals surface area contributed by atoms with Gasteiger partial charge in [-0.25, -0.2) is 9.59 Å². The number of hydrogen-bond donors (Lipinski definition) is 2. The zero-order valence-electron chi connectivity index (χ0n) is 13.8. The minimum atomic E-state index is -1.18. The maximum absolute atomic E-state index is 11.5. The number of likely N-dealkylation sites (tertiary alicyclic amines) is 1. The average molecular weight is 339 g/mol. The van der Waals surface area contributed by atoms with Crippen molar-refractivity contribution in [3.8, 4) is 0 Å². The molecule has 2 aromatic rings. The summed E-state index contributed by atoms with van der Waals surface area (Å²) in [7, 11) is 0. The Morgan fingerprint density at radius 3 is 2.04 bits per heavy atom. The van der Waals surface area contributed by atoms with E-state index in [0.717, 1.165) is 23.3 Å². The van der Waals surface area contributed by atoms with Gasteiger partial charge in [0.2, 0.25) is 0 Å². The number of rotatable bonds is 5. The van der Waals surface area contributed by atoms with Crippen LogP contribution in [0.2, 0.25) is 0 Å². The van der Waals surface area contributed by atoms with Crippen molar-refractivity contribution < 1.29 is 19.8 Å². The Labute approximate surface area is 146 Å². The van der Waals surface area contributed by atoms with Crippen LogP contribution < -0.4 is 0 Å². The molecule has 25 heavy (non-hydrogen) atoms. The monoisotopic (exact) mass is 339 g/mol. The van der Waals surface area contributed by atoms with Crippen molar-refractivity contribution in [3.05, 3.63) is 71.3 Å². The molecule has 3 rings (SSSR count).